The minimum Gasteiger partial charge on any atom is -0.211 e. The topological polar surface area (TPSA) is 43.1 Å². The molecule has 0 amide bonds. The quantitative estimate of drug-likeness (QED) is 0.495. The molecule has 0 bridgehead atoms. The normalized spacial score (nSPS) is 11.1. The Kier molecular flexibility index (Phi) is 3.96. The number of aromatic nitrogens is 4. The van der Waals surface area contributed by atoms with Gasteiger partial charge in [0.2, 0.25) is 5.16 Å². The van der Waals surface area contributed by atoms with E-state index in [1.54, 1.807) is 4.52 Å². The van der Waals surface area contributed by atoms with E-state index in [2.05, 4.69) is 27.2 Å². The zero-order valence-corrected chi connectivity index (χ0v) is 14.4. The van der Waals surface area contributed by atoms with Crippen LogP contribution >= 0.6 is 23.4 Å². The van der Waals surface area contributed by atoms with Crippen LogP contribution in [0.3, 0.4) is 0 Å². The number of nitrogens with zero attached hydrogens (tertiary/aromatic N) is 4. The number of halogens is 1. The Hall–Kier alpha value is -2.37. The molecule has 0 atom stereocenters. The highest BCUT2D eigenvalue weighted by Crippen LogP contribution is 2.27. The van der Waals surface area contributed by atoms with E-state index in [1.807, 2.05) is 54.8 Å². The summed E-state index contributed by atoms with van der Waals surface area (Å²) in [4.78, 5) is 9.16. The Labute approximate surface area is 148 Å². The van der Waals surface area contributed by atoms with Crippen molar-refractivity contribution in [3.05, 3.63) is 65.7 Å². The van der Waals surface area contributed by atoms with Crippen LogP contribution in [0.4, 0.5) is 0 Å². The van der Waals surface area contributed by atoms with Gasteiger partial charge in [-0.25, -0.2) is 4.98 Å². The Morgan fingerprint density at radius 2 is 1.67 bits per heavy atom. The Balaban J connectivity index is 1.98. The Morgan fingerprint density at radius 3 is 2.38 bits per heavy atom. The summed E-state index contributed by atoms with van der Waals surface area (Å²) in [6.07, 6.45) is 1.96. The van der Waals surface area contributed by atoms with Crippen molar-refractivity contribution in [2.75, 3.05) is 6.26 Å². The molecule has 0 radical (unpaired) electrons. The minimum atomic E-state index is 0.589. The molecule has 2 aromatic heterocycles. The minimum absolute atomic E-state index is 0.589. The van der Waals surface area contributed by atoms with Crippen LogP contribution in [0.25, 0.3) is 28.3 Å². The second kappa shape index (κ2) is 6.26. The molecular formula is C18H13ClN4S. The first-order valence-corrected chi connectivity index (χ1v) is 8.98. The van der Waals surface area contributed by atoms with Crippen molar-refractivity contribution in [1.29, 1.82) is 0 Å². The summed E-state index contributed by atoms with van der Waals surface area (Å²) in [5.74, 6) is 0.589. The molecule has 0 aliphatic rings. The van der Waals surface area contributed by atoms with Crippen LogP contribution in [-0.4, -0.2) is 25.8 Å². The summed E-state index contributed by atoms with van der Waals surface area (Å²) < 4.78 is 1.79. The van der Waals surface area contributed by atoms with Crippen molar-refractivity contribution in [2.45, 2.75) is 5.16 Å². The zero-order valence-electron chi connectivity index (χ0n) is 12.8. The lowest BCUT2D eigenvalue weighted by Gasteiger charge is -2.07. The van der Waals surface area contributed by atoms with Crippen LogP contribution in [0.2, 0.25) is 5.02 Å². The lowest BCUT2D eigenvalue weighted by molar-refractivity contribution is 0.888. The molecule has 0 aliphatic heterocycles. The predicted molar refractivity (Wildman–Crippen MR) is 98.4 cm³/mol. The van der Waals surface area contributed by atoms with Crippen LogP contribution in [0, 0.1) is 0 Å². The molecule has 0 spiro atoms. The van der Waals surface area contributed by atoms with Crippen LogP contribution in [-0.2, 0) is 0 Å². The SMILES string of the molecule is CSc1nc2nc(-c3ccc(Cl)cc3)cc(-c3ccccc3)n2n1. The van der Waals surface area contributed by atoms with E-state index < -0.39 is 0 Å². The molecule has 4 aromatic rings. The van der Waals surface area contributed by atoms with Crippen LogP contribution in [0.1, 0.15) is 0 Å². The van der Waals surface area contributed by atoms with E-state index in [-0.39, 0.29) is 0 Å². The van der Waals surface area contributed by atoms with E-state index in [9.17, 15) is 0 Å². The second-order valence-corrected chi connectivity index (χ2v) is 6.42. The fourth-order valence-corrected chi connectivity index (χ4v) is 2.98. The lowest BCUT2D eigenvalue weighted by Crippen LogP contribution is -1.98. The molecule has 24 heavy (non-hydrogen) atoms. The molecule has 4 nitrogen and oxygen atoms in total. The number of thioether (sulfide) groups is 1. The van der Waals surface area contributed by atoms with Gasteiger partial charge < -0.3 is 0 Å². The van der Waals surface area contributed by atoms with Crippen molar-refractivity contribution in [3.8, 4) is 22.5 Å². The van der Waals surface area contributed by atoms with Crippen LogP contribution in [0.5, 0.6) is 0 Å². The van der Waals surface area contributed by atoms with E-state index in [4.69, 9.17) is 11.6 Å². The fraction of sp³-hybridized carbons (Fsp3) is 0.0556. The zero-order chi connectivity index (χ0) is 16.5. The van der Waals surface area contributed by atoms with Crippen molar-refractivity contribution in [1.82, 2.24) is 19.6 Å². The average Bonchev–Trinajstić information content (AvgIpc) is 3.05. The number of benzene rings is 2. The first kappa shape index (κ1) is 15.2. The summed E-state index contributed by atoms with van der Waals surface area (Å²) in [6.45, 7) is 0. The van der Waals surface area contributed by atoms with E-state index >= 15 is 0 Å². The Bertz CT molecular complexity index is 997. The third-order valence-corrected chi connectivity index (χ3v) is 4.47. The highest BCUT2D eigenvalue weighted by atomic mass is 35.5. The average molecular weight is 353 g/mol. The molecule has 2 aromatic carbocycles. The molecule has 0 saturated carbocycles. The highest BCUT2D eigenvalue weighted by Gasteiger charge is 2.13. The molecule has 2 heterocycles. The Morgan fingerprint density at radius 1 is 0.917 bits per heavy atom. The molecule has 0 fully saturated rings. The van der Waals surface area contributed by atoms with Crippen molar-refractivity contribution in [2.24, 2.45) is 0 Å². The number of fused-ring (bicyclic) bond motifs is 1. The molecule has 4 rings (SSSR count). The van der Waals surface area contributed by atoms with Gasteiger partial charge in [0.15, 0.2) is 0 Å². The monoisotopic (exact) mass is 352 g/mol. The van der Waals surface area contributed by atoms with E-state index in [0.29, 0.717) is 16.0 Å². The molecule has 0 N–H and O–H groups in total. The molecule has 0 aliphatic carbocycles. The van der Waals surface area contributed by atoms with Gasteiger partial charge in [-0.2, -0.15) is 9.50 Å². The third-order valence-electron chi connectivity index (χ3n) is 3.68. The fourth-order valence-electron chi connectivity index (χ4n) is 2.52. The van der Waals surface area contributed by atoms with Gasteiger partial charge in [0.05, 0.1) is 11.4 Å². The molecule has 6 heteroatoms. The number of hydrogen-bond acceptors (Lipinski definition) is 4. The predicted octanol–water partition coefficient (Wildman–Crippen LogP) is 4.83. The third kappa shape index (κ3) is 2.77. The lowest BCUT2D eigenvalue weighted by atomic mass is 10.1. The molecule has 0 unspecified atom stereocenters. The maximum absolute atomic E-state index is 5.99. The van der Waals surface area contributed by atoms with Gasteiger partial charge in [-0.15, -0.1) is 5.10 Å². The van der Waals surface area contributed by atoms with Crippen molar-refractivity contribution in [3.63, 3.8) is 0 Å². The molecule has 0 saturated heterocycles. The van der Waals surface area contributed by atoms with Crippen LogP contribution in [0.15, 0.2) is 65.8 Å². The maximum Gasteiger partial charge on any atom is 0.254 e. The summed E-state index contributed by atoms with van der Waals surface area (Å²) in [7, 11) is 0. The number of rotatable bonds is 3. The van der Waals surface area contributed by atoms with Gasteiger partial charge >= 0.3 is 0 Å². The van der Waals surface area contributed by atoms with Gasteiger partial charge in [-0.05, 0) is 24.5 Å². The molecule has 118 valence electrons. The first-order valence-electron chi connectivity index (χ1n) is 7.38. The summed E-state index contributed by atoms with van der Waals surface area (Å²) in [6, 6.07) is 19.8. The number of hydrogen-bond donors (Lipinski definition) is 0. The highest BCUT2D eigenvalue weighted by molar-refractivity contribution is 7.98. The van der Waals surface area contributed by atoms with Gasteiger partial charge in [0, 0.05) is 16.1 Å². The van der Waals surface area contributed by atoms with E-state index in [1.165, 1.54) is 11.8 Å². The summed E-state index contributed by atoms with van der Waals surface area (Å²) in [5, 5.41) is 5.95. The van der Waals surface area contributed by atoms with Crippen molar-refractivity contribution < 1.29 is 0 Å². The molecular weight excluding hydrogens is 340 g/mol. The maximum atomic E-state index is 5.99. The van der Waals surface area contributed by atoms with Gasteiger partial charge in [0.25, 0.3) is 5.78 Å². The van der Waals surface area contributed by atoms with Crippen molar-refractivity contribution >= 4 is 29.1 Å². The first-order chi connectivity index (χ1) is 11.7. The van der Waals surface area contributed by atoms with Gasteiger partial charge in [-0.1, -0.05) is 65.8 Å². The van der Waals surface area contributed by atoms with Gasteiger partial charge in [-0.3, -0.25) is 0 Å². The standard InChI is InChI=1S/C18H13ClN4S/c1-24-18-21-17-20-15(12-7-9-14(19)10-8-12)11-16(23(17)22-18)13-5-3-2-4-6-13/h2-11H,1H3. The van der Waals surface area contributed by atoms with Gasteiger partial charge in [0.1, 0.15) is 0 Å². The summed E-state index contributed by atoms with van der Waals surface area (Å²) in [5.41, 5.74) is 3.86. The smallest absolute Gasteiger partial charge is 0.211 e. The van der Waals surface area contributed by atoms with Crippen LogP contribution < -0.4 is 0 Å². The largest absolute Gasteiger partial charge is 0.254 e. The van der Waals surface area contributed by atoms with E-state index in [0.717, 1.165) is 22.5 Å². The summed E-state index contributed by atoms with van der Waals surface area (Å²) >= 11 is 7.50. The second-order valence-electron chi connectivity index (χ2n) is 5.21.